The molecule has 1 saturated carbocycles. The van der Waals surface area contributed by atoms with Crippen LogP contribution in [-0.2, 0) is 11.0 Å². The molecule has 1 fully saturated rings. The molecule has 0 aliphatic heterocycles. The van der Waals surface area contributed by atoms with E-state index in [1.807, 2.05) is 0 Å². The fourth-order valence-corrected chi connectivity index (χ4v) is 2.91. The first kappa shape index (κ1) is 17.0. The van der Waals surface area contributed by atoms with Crippen molar-refractivity contribution < 1.29 is 31.1 Å². The van der Waals surface area contributed by atoms with Gasteiger partial charge in [-0.1, -0.05) is 15.9 Å². The van der Waals surface area contributed by atoms with Crippen molar-refractivity contribution in [3.05, 3.63) is 33.8 Å². The van der Waals surface area contributed by atoms with Crippen LogP contribution >= 0.6 is 15.9 Å². The van der Waals surface area contributed by atoms with E-state index in [2.05, 4.69) is 15.9 Å². The van der Waals surface area contributed by atoms with Crippen LogP contribution < -0.4 is 0 Å². The Hall–Kier alpha value is -1.38. The third-order valence-corrected chi connectivity index (χ3v) is 3.83. The predicted molar refractivity (Wildman–Crippen MR) is 68.8 cm³/mol. The van der Waals surface area contributed by atoms with Crippen molar-refractivity contribution in [1.29, 1.82) is 5.41 Å². The molecule has 2 nitrogen and oxygen atoms in total. The summed E-state index contributed by atoms with van der Waals surface area (Å²) in [5.41, 5.74) is -1.88. The van der Waals surface area contributed by atoms with Gasteiger partial charge in [0.2, 0.25) is 0 Å². The van der Waals surface area contributed by atoms with E-state index in [0.717, 1.165) is 12.1 Å². The minimum atomic E-state index is -4.81. The highest BCUT2D eigenvalue weighted by Gasteiger charge is 2.53. The van der Waals surface area contributed by atoms with Crippen LogP contribution in [0.5, 0.6) is 0 Å². The average molecular weight is 388 g/mol. The van der Waals surface area contributed by atoms with Gasteiger partial charge in [-0.25, -0.2) is 0 Å². The Morgan fingerprint density at radius 2 is 1.68 bits per heavy atom. The highest BCUT2D eigenvalue weighted by molar-refractivity contribution is 9.10. The number of Topliss-reactive ketones (excluding diaryl/α,β-unsaturated/α-hetero) is 1. The first-order valence-corrected chi connectivity index (χ1v) is 6.76. The molecule has 1 N–H and O–H groups in total. The number of ketones is 1. The molecule has 0 aromatic heterocycles. The summed E-state index contributed by atoms with van der Waals surface area (Å²) < 4.78 is 76.4. The van der Waals surface area contributed by atoms with Gasteiger partial charge in [-0.15, -0.1) is 0 Å². The van der Waals surface area contributed by atoms with Gasteiger partial charge in [-0.05, 0) is 23.8 Å². The number of rotatable bonds is 1. The highest BCUT2D eigenvalue weighted by atomic mass is 79.9. The molecule has 22 heavy (non-hydrogen) atoms. The number of carbonyl (C=O) groups excluding carboxylic acids is 1. The summed E-state index contributed by atoms with van der Waals surface area (Å²) in [6.45, 7) is 0. The van der Waals surface area contributed by atoms with Crippen LogP contribution in [-0.4, -0.2) is 17.7 Å². The van der Waals surface area contributed by atoms with Crippen molar-refractivity contribution in [2.24, 2.45) is 5.92 Å². The molecule has 9 heteroatoms. The Labute approximate surface area is 129 Å². The first-order valence-electron chi connectivity index (χ1n) is 5.96. The molecule has 0 radical (unpaired) electrons. The van der Waals surface area contributed by atoms with E-state index >= 15 is 0 Å². The molecule has 120 valence electrons. The van der Waals surface area contributed by atoms with Gasteiger partial charge in [0, 0.05) is 16.6 Å². The molecule has 2 unspecified atom stereocenters. The Bertz CT molecular complexity index is 636. The van der Waals surface area contributed by atoms with E-state index in [-0.39, 0.29) is 10.0 Å². The van der Waals surface area contributed by atoms with Gasteiger partial charge in [-0.2, -0.15) is 26.3 Å². The molecule has 0 heterocycles. The number of nitrogens with one attached hydrogen (secondary N) is 1. The van der Waals surface area contributed by atoms with Crippen molar-refractivity contribution in [3.63, 3.8) is 0 Å². The number of carbonyl (C=O) groups is 1. The van der Waals surface area contributed by atoms with Gasteiger partial charge in [0.25, 0.3) is 0 Å². The highest BCUT2D eigenvalue weighted by Crippen LogP contribution is 2.43. The van der Waals surface area contributed by atoms with Gasteiger partial charge in [0.15, 0.2) is 5.78 Å². The Kier molecular flexibility index (Phi) is 4.14. The monoisotopic (exact) mass is 387 g/mol. The zero-order valence-electron chi connectivity index (χ0n) is 10.6. The second kappa shape index (κ2) is 5.36. The summed E-state index contributed by atoms with van der Waals surface area (Å²) in [5, 5.41) is 7.56. The Balaban J connectivity index is 2.46. The fourth-order valence-electron chi connectivity index (χ4n) is 2.40. The summed E-state index contributed by atoms with van der Waals surface area (Å²) in [6.07, 6.45) is -10.3. The van der Waals surface area contributed by atoms with Crippen molar-refractivity contribution in [2.45, 2.75) is 24.7 Å². The maximum Gasteiger partial charge on any atom is 0.416 e. The number of hydrogen-bond acceptors (Lipinski definition) is 2. The Morgan fingerprint density at radius 1 is 1.09 bits per heavy atom. The van der Waals surface area contributed by atoms with Gasteiger partial charge < -0.3 is 5.41 Å². The predicted octanol–water partition coefficient (Wildman–Crippen LogP) is 4.72. The topological polar surface area (TPSA) is 40.9 Å². The number of hydrogen-bond donors (Lipinski definition) is 1. The molecule has 0 amide bonds. The molecule has 1 aliphatic rings. The molecule has 0 saturated heterocycles. The summed E-state index contributed by atoms with van der Waals surface area (Å²) in [5.74, 6) is -5.22. The smallest absolute Gasteiger partial charge is 0.309 e. The van der Waals surface area contributed by atoms with E-state index in [1.165, 1.54) is 0 Å². The molecular weight excluding hydrogens is 380 g/mol. The molecule has 2 rings (SSSR count). The number of benzene rings is 1. The van der Waals surface area contributed by atoms with Gasteiger partial charge >= 0.3 is 12.4 Å². The average Bonchev–Trinajstić information content (AvgIpc) is 2.62. The summed E-state index contributed by atoms with van der Waals surface area (Å²) in [6, 6.07) is 2.50. The molecular formula is C13H8BrF6NO. The normalized spacial score (nSPS) is 23.2. The quantitative estimate of drug-likeness (QED) is 0.695. The molecule has 1 aliphatic carbocycles. The SMILES string of the molecule is N=C1CC(C(F)(F)F)C(=O)C1c1cc(Br)cc(C(F)(F)F)c1. The summed E-state index contributed by atoms with van der Waals surface area (Å²) in [4.78, 5) is 11.9. The molecule has 2 atom stereocenters. The molecule has 1 aromatic carbocycles. The Morgan fingerprint density at radius 3 is 2.14 bits per heavy atom. The molecule has 1 aromatic rings. The van der Waals surface area contributed by atoms with Gasteiger partial charge in [0.05, 0.1) is 11.5 Å². The molecule has 0 spiro atoms. The van der Waals surface area contributed by atoms with Crippen LogP contribution in [0, 0.1) is 11.3 Å². The van der Waals surface area contributed by atoms with Crippen molar-refractivity contribution in [1.82, 2.24) is 0 Å². The minimum Gasteiger partial charge on any atom is -0.309 e. The van der Waals surface area contributed by atoms with Crippen molar-refractivity contribution in [3.8, 4) is 0 Å². The van der Waals surface area contributed by atoms with Crippen molar-refractivity contribution in [2.75, 3.05) is 0 Å². The number of alkyl halides is 6. The lowest BCUT2D eigenvalue weighted by Gasteiger charge is -2.15. The van der Waals surface area contributed by atoms with E-state index < -0.39 is 47.7 Å². The maximum absolute atomic E-state index is 12.8. The van der Waals surface area contributed by atoms with E-state index in [9.17, 15) is 31.1 Å². The van der Waals surface area contributed by atoms with E-state index in [0.29, 0.717) is 6.07 Å². The minimum absolute atomic E-state index is 0.0200. The van der Waals surface area contributed by atoms with Gasteiger partial charge in [0.1, 0.15) is 5.92 Å². The van der Waals surface area contributed by atoms with E-state index in [4.69, 9.17) is 5.41 Å². The second-order valence-electron chi connectivity index (χ2n) is 4.93. The summed E-state index contributed by atoms with van der Waals surface area (Å²) >= 11 is 2.84. The van der Waals surface area contributed by atoms with Crippen LogP contribution in [0.2, 0.25) is 0 Å². The van der Waals surface area contributed by atoms with Crippen LogP contribution in [0.1, 0.15) is 23.5 Å². The third kappa shape index (κ3) is 3.18. The van der Waals surface area contributed by atoms with Crippen LogP contribution in [0.15, 0.2) is 22.7 Å². The first-order chi connectivity index (χ1) is 9.91. The van der Waals surface area contributed by atoms with Crippen molar-refractivity contribution >= 4 is 27.4 Å². The standard InChI is InChI=1S/C13H8BrF6NO/c14-7-2-5(1-6(3-7)12(15,16)17)10-9(21)4-8(11(10)22)13(18,19)20/h1-3,8,10,21H,4H2. The largest absolute Gasteiger partial charge is 0.416 e. The third-order valence-electron chi connectivity index (χ3n) is 3.38. The van der Waals surface area contributed by atoms with E-state index in [1.54, 1.807) is 0 Å². The lowest BCUT2D eigenvalue weighted by Crippen LogP contribution is -2.28. The van der Waals surface area contributed by atoms with Crippen LogP contribution in [0.25, 0.3) is 0 Å². The lowest BCUT2D eigenvalue weighted by atomic mass is 9.92. The molecule has 0 bridgehead atoms. The van der Waals surface area contributed by atoms with Crippen LogP contribution in [0.4, 0.5) is 26.3 Å². The lowest BCUT2D eigenvalue weighted by molar-refractivity contribution is -0.177. The fraction of sp³-hybridized carbons (Fsp3) is 0.385. The van der Waals surface area contributed by atoms with Gasteiger partial charge in [-0.3, -0.25) is 4.79 Å². The maximum atomic E-state index is 12.8. The van der Waals surface area contributed by atoms with Crippen LogP contribution in [0.3, 0.4) is 0 Å². The summed E-state index contributed by atoms with van der Waals surface area (Å²) in [7, 11) is 0. The number of halogens is 7. The zero-order chi connectivity index (χ0) is 16.9. The second-order valence-corrected chi connectivity index (χ2v) is 5.85. The zero-order valence-corrected chi connectivity index (χ0v) is 12.2.